The maximum atomic E-state index is 12.7. The highest BCUT2D eigenvalue weighted by Gasteiger charge is 2.57. The number of rotatable bonds is 6. The van der Waals surface area contributed by atoms with Gasteiger partial charge in [0.15, 0.2) is 12.4 Å². The summed E-state index contributed by atoms with van der Waals surface area (Å²) in [5.41, 5.74) is 1.45. The van der Waals surface area contributed by atoms with Gasteiger partial charge in [0.25, 0.3) is 0 Å². The molecule has 4 rings (SSSR count). The SMILES string of the molecule is COc1ccc(C(=O)COC(=O)[C@H]2CS[C@@]3(c4ccccc4)CCC(=O)N23)cc1. The van der Waals surface area contributed by atoms with Crippen molar-refractivity contribution >= 4 is 29.4 Å². The normalized spacial score (nSPS) is 23.0. The number of Topliss-reactive ketones (excluding diaryl/α,β-unsaturated/α-hetero) is 1. The van der Waals surface area contributed by atoms with Gasteiger partial charge in [0, 0.05) is 17.7 Å². The minimum atomic E-state index is -0.682. The van der Waals surface area contributed by atoms with Gasteiger partial charge in [-0.05, 0) is 36.2 Å². The average Bonchev–Trinajstić information content (AvgIpc) is 3.32. The Bertz CT molecular complexity index is 930. The van der Waals surface area contributed by atoms with Crippen molar-refractivity contribution < 1.29 is 23.9 Å². The molecule has 2 aromatic carbocycles. The molecule has 6 nitrogen and oxygen atoms in total. The second-order valence-corrected chi connectivity index (χ2v) is 8.30. The number of methoxy groups -OCH3 is 1. The third kappa shape index (κ3) is 3.51. The molecule has 1 amide bonds. The van der Waals surface area contributed by atoms with Crippen LogP contribution in [0.25, 0.3) is 0 Å². The molecule has 2 heterocycles. The summed E-state index contributed by atoms with van der Waals surface area (Å²) in [6.07, 6.45) is 1.06. The molecule has 2 fully saturated rings. The molecule has 0 spiro atoms. The topological polar surface area (TPSA) is 72.9 Å². The molecular formula is C22H21NO5S. The summed E-state index contributed by atoms with van der Waals surface area (Å²) in [6.45, 7) is -0.354. The van der Waals surface area contributed by atoms with Gasteiger partial charge in [-0.2, -0.15) is 0 Å². The second-order valence-electron chi connectivity index (χ2n) is 7.00. The van der Waals surface area contributed by atoms with E-state index in [4.69, 9.17) is 9.47 Å². The van der Waals surface area contributed by atoms with Gasteiger partial charge in [-0.15, -0.1) is 11.8 Å². The number of carbonyl (C=O) groups excluding carboxylic acids is 3. The lowest BCUT2D eigenvalue weighted by molar-refractivity contribution is -0.152. The minimum Gasteiger partial charge on any atom is -0.497 e. The number of fused-ring (bicyclic) bond motifs is 1. The zero-order valence-corrected chi connectivity index (χ0v) is 16.8. The number of nitrogens with zero attached hydrogens (tertiary/aromatic N) is 1. The Morgan fingerprint density at radius 1 is 1.14 bits per heavy atom. The molecule has 2 saturated heterocycles. The van der Waals surface area contributed by atoms with Gasteiger partial charge >= 0.3 is 5.97 Å². The molecule has 2 atom stereocenters. The van der Waals surface area contributed by atoms with Crippen LogP contribution in [-0.2, 0) is 19.2 Å². The first-order valence-electron chi connectivity index (χ1n) is 9.41. The molecule has 29 heavy (non-hydrogen) atoms. The lowest BCUT2D eigenvalue weighted by atomic mass is 10.0. The standard InChI is InChI=1S/C22H21NO5S/c1-27-17-9-7-15(8-10-17)19(24)13-28-21(26)18-14-29-22(12-11-20(25)23(18)22)16-5-3-2-4-6-16/h2-10,18H,11-14H2,1H3/t18-,22-/m1/s1. The number of hydrogen-bond donors (Lipinski definition) is 0. The smallest absolute Gasteiger partial charge is 0.330 e. The monoisotopic (exact) mass is 411 g/mol. The van der Waals surface area contributed by atoms with E-state index in [0.29, 0.717) is 29.9 Å². The van der Waals surface area contributed by atoms with E-state index < -0.39 is 16.9 Å². The molecule has 2 aliphatic heterocycles. The third-order valence-corrected chi connectivity index (χ3v) is 6.98. The summed E-state index contributed by atoms with van der Waals surface area (Å²) >= 11 is 1.59. The number of thioether (sulfide) groups is 1. The number of amides is 1. The van der Waals surface area contributed by atoms with Gasteiger partial charge in [0.2, 0.25) is 5.91 Å². The molecule has 7 heteroatoms. The highest BCUT2D eigenvalue weighted by Crippen LogP contribution is 2.54. The molecule has 0 radical (unpaired) electrons. The van der Waals surface area contributed by atoms with Crippen LogP contribution >= 0.6 is 11.8 Å². The van der Waals surface area contributed by atoms with Crippen molar-refractivity contribution in [1.29, 1.82) is 0 Å². The van der Waals surface area contributed by atoms with Crippen molar-refractivity contribution in [2.24, 2.45) is 0 Å². The number of benzene rings is 2. The second kappa shape index (κ2) is 7.91. The molecule has 0 aromatic heterocycles. The maximum Gasteiger partial charge on any atom is 0.330 e. The molecule has 150 valence electrons. The van der Waals surface area contributed by atoms with E-state index >= 15 is 0 Å². The third-order valence-electron chi connectivity index (χ3n) is 5.38. The highest BCUT2D eigenvalue weighted by molar-refractivity contribution is 8.00. The zero-order chi connectivity index (χ0) is 20.4. The molecule has 2 aliphatic rings. The van der Waals surface area contributed by atoms with Crippen LogP contribution in [0.5, 0.6) is 5.75 Å². The Morgan fingerprint density at radius 2 is 1.86 bits per heavy atom. The van der Waals surface area contributed by atoms with E-state index in [2.05, 4.69) is 0 Å². The number of ketones is 1. The van der Waals surface area contributed by atoms with Crippen molar-refractivity contribution in [3.63, 3.8) is 0 Å². The van der Waals surface area contributed by atoms with Gasteiger partial charge < -0.3 is 14.4 Å². The van der Waals surface area contributed by atoms with Crippen LogP contribution in [0.1, 0.15) is 28.8 Å². The van der Waals surface area contributed by atoms with Crippen molar-refractivity contribution in [2.75, 3.05) is 19.5 Å². The van der Waals surface area contributed by atoms with Crippen LogP contribution in [0.2, 0.25) is 0 Å². The van der Waals surface area contributed by atoms with Gasteiger partial charge in [0.05, 0.1) is 7.11 Å². The fraction of sp³-hybridized carbons (Fsp3) is 0.318. The number of carbonyl (C=O) groups is 3. The Balaban J connectivity index is 1.45. The number of esters is 1. The van der Waals surface area contributed by atoms with Crippen molar-refractivity contribution in [1.82, 2.24) is 4.90 Å². The Kier molecular flexibility index (Phi) is 5.32. The number of ether oxygens (including phenoxy) is 2. The van der Waals surface area contributed by atoms with Gasteiger partial charge in [0.1, 0.15) is 16.7 Å². The summed E-state index contributed by atoms with van der Waals surface area (Å²) in [4.78, 5) is 38.8. The first kappa shape index (κ1) is 19.5. The highest BCUT2D eigenvalue weighted by atomic mass is 32.2. The zero-order valence-electron chi connectivity index (χ0n) is 16.0. The van der Waals surface area contributed by atoms with Crippen LogP contribution in [0.3, 0.4) is 0 Å². The minimum absolute atomic E-state index is 0.0534. The van der Waals surface area contributed by atoms with Crippen LogP contribution in [-0.4, -0.2) is 48.1 Å². The maximum absolute atomic E-state index is 12.7. The summed E-state index contributed by atoms with van der Waals surface area (Å²) in [5.74, 6) is 0.214. The van der Waals surface area contributed by atoms with E-state index in [-0.39, 0.29) is 18.3 Å². The number of hydrogen-bond acceptors (Lipinski definition) is 6. The van der Waals surface area contributed by atoms with Gasteiger partial charge in [-0.25, -0.2) is 4.79 Å². The summed E-state index contributed by atoms with van der Waals surface area (Å²) in [6, 6.07) is 15.7. The first-order valence-corrected chi connectivity index (χ1v) is 10.4. The lowest BCUT2D eigenvalue weighted by Crippen LogP contribution is -2.47. The largest absolute Gasteiger partial charge is 0.497 e. The molecule has 0 saturated carbocycles. The molecule has 0 aliphatic carbocycles. The van der Waals surface area contributed by atoms with E-state index in [1.807, 2.05) is 30.3 Å². The van der Waals surface area contributed by atoms with Crippen LogP contribution < -0.4 is 4.74 Å². The van der Waals surface area contributed by atoms with Crippen LogP contribution in [0.4, 0.5) is 0 Å². The van der Waals surface area contributed by atoms with Crippen LogP contribution in [0, 0.1) is 0 Å². The van der Waals surface area contributed by atoms with Crippen LogP contribution in [0.15, 0.2) is 54.6 Å². The summed E-state index contributed by atoms with van der Waals surface area (Å²) < 4.78 is 10.4. The van der Waals surface area contributed by atoms with E-state index in [1.54, 1.807) is 48.0 Å². The first-order chi connectivity index (χ1) is 14.0. The summed E-state index contributed by atoms with van der Waals surface area (Å²) in [7, 11) is 1.55. The van der Waals surface area contributed by atoms with Crippen molar-refractivity contribution in [2.45, 2.75) is 23.8 Å². The average molecular weight is 411 g/mol. The lowest BCUT2D eigenvalue weighted by Gasteiger charge is -2.33. The Hall–Kier alpha value is -2.80. The predicted molar refractivity (Wildman–Crippen MR) is 109 cm³/mol. The molecule has 0 N–H and O–H groups in total. The molecule has 0 bridgehead atoms. The predicted octanol–water partition coefficient (Wildman–Crippen LogP) is 3.01. The van der Waals surface area contributed by atoms with E-state index in [1.165, 1.54) is 0 Å². The molecule has 0 unspecified atom stereocenters. The fourth-order valence-electron chi connectivity index (χ4n) is 3.91. The van der Waals surface area contributed by atoms with Gasteiger partial charge in [-0.3, -0.25) is 9.59 Å². The quantitative estimate of drug-likeness (QED) is 0.537. The van der Waals surface area contributed by atoms with Crippen molar-refractivity contribution in [3.05, 3.63) is 65.7 Å². The Morgan fingerprint density at radius 3 is 2.55 bits per heavy atom. The Labute approximate surface area is 173 Å². The van der Waals surface area contributed by atoms with Gasteiger partial charge in [-0.1, -0.05) is 30.3 Å². The fourth-order valence-corrected chi connectivity index (χ4v) is 5.55. The van der Waals surface area contributed by atoms with E-state index in [0.717, 1.165) is 5.56 Å². The van der Waals surface area contributed by atoms with E-state index in [9.17, 15) is 14.4 Å². The van der Waals surface area contributed by atoms with Crippen molar-refractivity contribution in [3.8, 4) is 5.75 Å². The molecular weight excluding hydrogens is 390 g/mol. The molecule has 2 aromatic rings. The summed E-state index contributed by atoms with van der Waals surface area (Å²) in [5, 5.41) is 0.